The van der Waals surface area contributed by atoms with Gasteiger partial charge in [0.15, 0.2) is 11.5 Å². The van der Waals surface area contributed by atoms with Gasteiger partial charge in [0.05, 0.1) is 20.8 Å². The van der Waals surface area contributed by atoms with Gasteiger partial charge in [-0.2, -0.15) is 0 Å². The molecule has 0 saturated heterocycles. The van der Waals surface area contributed by atoms with E-state index in [0.29, 0.717) is 24.7 Å². The van der Waals surface area contributed by atoms with Crippen molar-refractivity contribution >= 4 is 12.0 Å². The van der Waals surface area contributed by atoms with E-state index < -0.39 is 0 Å². The minimum atomic E-state index is -0.0913. The standard InChI is InChI=1S/C20H23NO4/c1-21(13-14-25-19-10-5-4-9-18(19)24-3)20(22)12-11-16-7-6-8-17(15-16)23-2/h4-12,15H,13-14H2,1-3H3/b12-11+. The third-order valence-electron chi connectivity index (χ3n) is 3.64. The molecule has 2 aromatic rings. The molecule has 25 heavy (non-hydrogen) atoms. The fourth-order valence-corrected chi connectivity index (χ4v) is 2.18. The maximum Gasteiger partial charge on any atom is 0.246 e. The average Bonchev–Trinajstić information content (AvgIpc) is 2.66. The molecule has 0 aliphatic heterocycles. The monoisotopic (exact) mass is 341 g/mol. The molecule has 0 N–H and O–H groups in total. The van der Waals surface area contributed by atoms with Gasteiger partial charge in [0.1, 0.15) is 12.4 Å². The molecule has 0 bridgehead atoms. The lowest BCUT2D eigenvalue weighted by molar-refractivity contribution is -0.125. The summed E-state index contributed by atoms with van der Waals surface area (Å²) in [5.74, 6) is 2.01. The van der Waals surface area contributed by atoms with Crippen molar-refractivity contribution in [2.24, 2.45) is 0 Å². The normalized spacial score (nSPS) is 10.5. The van der Waals surface area contributed by atoms with Crippen LogP contribution in [0.15, 0.2) is 54.6 Å². The Morgan fingerprint density at radius 1 is 1.04 bits per heavy atom. The highest BCUT2D eigenvalue weighted by Gasteiger charge is 2.07. The molecule has 0 heterocycles. The summed E-state index contributed by atoms with van der Waals surface area (Å²) in [7, 11) is 4.95. The van der Waals surface area contributed by atoms with Crippen molar-refractivity contribution in [3.63, 3.8) is 0 Å². The minimum absolute atomic E-state index is 0.0913. The Bertz CT molecular complexity index is 727. The van der Waals surface area contributed by atoms with Crippen molar-refractivity contribution in [2.75, 3.05) is 34.4 Å². The number of hydrogen-bond donors (Lipinski definition) is 0. The van der Waals surface area contributed by atoms with Crippen molar-refractivity contribution in [3.05, 3.63) is 60.2 Å². The van der Waals surface area contributed by atoms with E-state index in [1.165, 1.54) is 6.08 Å². The summed E-state index contributed by atoms with van der Waals surface area (Å²) in [5, 5.41) is 0. The van der Waals surface area contributed by atoms with E-state index in [1.54, 1.807) is 32.2 Å². The third-order valence-corrected chi connectivity index (χ3v) is 3.64. The molecular formula is C20H23NO4. The predicted octanol–water partition coefficient (Wildman–Crippen LogP) is 3.25. The van der Waals surface area contributed by atoms with Crippen LogP contribution in [0.1, 0.15) is 5.56 Å². The lowest BCUT2D eigenvalue weighted by Crippen LogP contribution is -2.29. The Kier molecular flexibility index (Phi) is 6.89. The fourth-order valence-electron chi connectivity index (χ4n) is 2.18. The van der Waals surface area contributed by atoms with Gasteiger partial charge >= 0.3 is 0 Å². The first kappa shape index (κ1) is 18.4. The van der Waals surface area contributed by atoms with Crippen molar-refractivity contribution in [2.45, 2.75) is 0 Å². The maximum absolute atomic E-state index is 12.2. The Morgan fingerprint density at radius 2 is 1.80 bits per heavy atom. The quantitative estimate of drug-likeness (QED) is 0.692. The molecule has 0 spiro atoms. The van der Waals surface area contributed by atoms with Crippen LogP contribution in [0.25, 0.3) is 6.08 Å². The van der Waals surface area contributed by atoms with Crippen LogP contribution >= 0.6 is 0 Å². The number of amides is 1. The highest BCUT2D eigenvalue weighted by Crippen LogP contribution is 2.25. The summed E-state index contributed by atoms with van der Waals surface area (Å²) in [4.78, 5) is 13.8. The molecule has 0 unspecified atom stereocenters. The summed E-state index contributed by atoms with van der Waals surface area (Å²) in [5.41, 5.74) is 0.909. The highest BCUT2D eigenvalue weighted by molar-refractivity contribution is 5.91. The third kappa shape index (κ3) is 5.57. The van der Waals surface area contributed by atoms with E-state index in [4.69, 9.17) is 14.2 Å². The van der Waals surface area contributed by atoms with E-state index in [9.17, 15) is 4.79 Å². The fraction of sp³-hybridized carbons (Fsp3) is 0.250. The van der Waals surface area contributed by atoms with Crippen LogP contribution in [0.4, 0.5) is 0 Å². The summed E-state index contributed by atoms with van der Waals surface area (Å²) < 4.78 is 16.1. The lowest BCUT2D eigenvalue weighted by Gasteiger charge is -2.16. The first-order valence-electron chi connectivity index (χ1n) is 7.97. The molecule has 0 atom stereocenters. The zero-order valence-electron chi connectivity index (χ0n) is 14.8. The van der Waals surface area contributed by atoms with Crippen molar-refractivity contribution in [1.29, 1.82) is 0 Å². The number of nitrogens with zero attached hydrogens (tertiary/aromatic N) is 1. The smallest absolute Gasteiger partial charge is 0.246 e. The van der Waals surface area contributed by atoms with Crippen LogP contribution in [0.2, 0.25) is 0 Å². The van der Waals surface area contributed by atoms with Crippen LogP contribution in [0, 0.1) is 0 Å². The van der Waals surface area contributed by atoms with Gasteiger partial charge in [-0.05, 0) is 35.9 Å². The second kappa shape index (κ2) is 9.37. The number of rotatable bonds is 8. The van der Waals surface area contributed by atoms with E-state index in [2.05, 4.69) is 0 Å². The van der Waals surface area contributed by atoms with E-state index in [1.807, 2.05) is 48.5 Å². The van der Waals surface area contributed by atoms with Crippen molar-refractivity contribution in [1.82, 2.24) is 4.90 Å². The zero-order valence-corrected chi connectivity index (χ0v) is 14.8. The molecule has 2 aromatic carbocycles. The highest BCUT2D eigenvalue weighted by atomic mass is 16.5. The second-order valence-electron chi connectivity index (χ2n) is 5.37. The van der Waals surface area contributed by atoms with Crippen LogP contribution < -0.4 is 14.2 Å². The van der Waals surface area contributed by atoms with Gasteiger partial charge in [-0.25, -0.2) is 0 Å². The number of likely N-dealkylation sites (N-methyl/N-ethyl adjacent to an activating group) is 1. The van der Waals surface area contributed by atoms with Crippen LogP contribution in [0.5, 0.6) is 17.2 Å². The van der Waals surface area contributed by atoms with E-state index >= 15 is 0 Å². The topological polar surface area (TPSA) is 48.0 Å². The van der Waals surface area contributed by atoms with Gasteiger partial charge in [0, 0.05) is 13.1 Å². The largest absolute Gasteiger partial charge is 0.497 e. The summed E-state index contributed by atoms with van der Waals surface area (Å²) >= 11 is 0. The molecule has 0 radical (unpaired) electrons. The molecule has 0 fully saturated rings. The number of para-hydroxylation sites is 2. The Balaban J connectivity index is 1.84. The predicted molar refractivity (Wildman–Crippen MR) is 98.2 cm³/mol. The first-order valence-corrected chi connectivity index (χ1v) is 7.97. The Morgan fingerprint density at radius 3 is 2.52 bits per heavy atom. The number of methoxy groups -OCH3 is 2. The molecule has 0 aromatic heterocycles. The van der Waals surface area contributed by atoms with Gasteiger partial charge in [-0.3, -0.25) is 4.79 Å². The Labute approximate surface area is 148 Å². The molecule has 2 rings (SSSR count). The average molecular weight is 341 g/mol. The SMILES string of the molecule is COc1cccc(/C=C/C(=O)N(C)CCOc2ccccc2OC)c1. The molecular weight excluding hydrogens is 318 g/mol. The summed E-state index contributed by atoms with van der Waals surface area (Å²) in [6.07, 6.45) is 3.31. The Hall–Kier alpha value is -2.95. The van der Waals surface area contributed by atoms with Gasteiger partial charge in [-0.15, -0.1) is 0 Å². The van der Waals surface area contributed by atoms with Crippen molar-refractivity contribution in [3.8, 4) is 17.2 Å². The van der Waals surface area contributed by atoms with Gasteiger partial charge in [0.2, 0.25) is 5.91 Å². The van der Waals surface area contributed by atoms with E-state index in [0.717, 1.165) is 11.3 Å². The van der Waals surface area contributed by atoms with Crippen LogP contribution in [-0.4, -0.2) is 45.2 Å². The molecule has 0 saturated carbocycles. The summed E-state index contributed by atoms with van der Waals surface area (Å²) in [6.45, 7) is 0.856. The van der Waals surface area contributed by atoms with Crippen molar-refractivity contribution < 1.29 is 19.0 Å². The molecule has 0 aliphatic rings. The second-order valence-corrected chi connectivity index (χ2v) is 5.37. The molecule has 0 aliphatic carbocycles. The number of carbonyl (C=O) groups excluding carboxylic acids is 1. The van der Waals surface area contributed by atoms with Gasteiger partial charge in [-0.1, -0.05) is 24.3 Å². The molecule has 1 amide bonds. The number of hydrogen-bond acceptors (Lipinski definition) is 4. The lowest BCUT2D eigenvalue weighted by atomic mass is 10.2. The maximum atomic E-state index is 12.2. The first-order chi connectivity index (χ1) is 12.1. The molecule has 132 valence electrons. The van der Waals surface area contributed by atoms with Crippen LogP contribution in [-0.2, 0) is 4.79 Å². The molecule has 5 heteroatoms. The number of carbonyl (C=O) groups is 1. The zero-order chi connectivity index (χ0) is 18.1. The summed E-state index contributed by atoms with van der Waals surface area (Å²) in [6, 6.07) is 15.0. The molecule has 5 nitrogen and oxygen atoms in total. The number of benzene rings is 2. The van der Waals surface area contributed by atoms with E-state index in [-0.39, 0.29) is 5.91 Å². The van der Waals surface area contributed by atoms with Crippen LogP contribution in [0.3, 0.4) is 0 Å². The van der Waals surface area contributed by atoms with Gasteiger partial charge < -0.3 is 19.1 Å². The van der Waals surface area contributed by atoms with Gasteiger partial charge in [0.25, 0.3) is 0 Å². The number of ether oxygens (including phenoxy) is 3. The minimum Gasteiger partial charge on any atom is -0.497 e.